The Hall–Kier alpha value is -0.610. The smallest absolute Gasteiger partial charge is 0.240 e. The molecule has 4 nitrogen and oxygen atoms in total. The molecule has 4 heteroatoms. The van der Waals surface area contributed by atoms with Gasteiger partial charge in [-0.25, -0.2) is 0 Å². The number of hydrogen-bond donors (Lipinski definition) is 1. The first-order valence-electron chi connectivity index (χ1n) is 5.58. The van der Waals surface area contributed by atoms with Crippen molar-refractivity contribution in [2.45, 2.75) is 38.8 Å². The molecule has 15 heavy (non-hydrogen) atoms. The van der Waals surface area contributed by atoms with Crippen LogP contribution < -0.4 is 5.32 Å². The van der Waals surface area contributed by atoms with Gasteiger partial charge in [0.1, 0.15) is 0 Å². The van der Waals surface area contributed by atoms with Gasteiger partial charge in [-0.2, -0.15) is 0 Å². The molecule has 1 amide bonds. The van der Waals surface area contributed by atoms with Gasteiger partial charge in [0.15, 0.2) is 0 Å². The van der Waals surface area contributed by atoms with E-state index in [0.29, 0.717) is 6.67 Å². The highest BCUT2D eigenvalue weighted by Crippen LogP contribution is 2.15. The molecular weight excluding hydrogens is 190 g/mol. The van der Waals surface area contributed by atoms with Crippen LogP contribution in [0.5, 0.6) is 0 Å². The van der Waals surface area contributed by atoms with Crippen molar-refractivity contribution >= 4 is 5.91 Å². The molecule has 0 bridgehead atoms. The zero-order valence-electron chi connectivity index (χ0n) is 10.5. The third kappa shape index (κ3) is 2.69. The highest BCUT2D eigenvalue weighted by molar-refractivity contribution is 5.83. The van der Waals surface area contributed by atoms with E-state index in [1.54, 1.807) is 0 Å². The van der Waals surface area contributed by atoms with E-state index in [1.165, 1.54) is 0 Å². The summed E-state index contributed by atoms with van der Waals surface area (Å²) in [5.74, 6) is 0.243. The van der Waals surface area contributed by atoms with Crippen molar-refractivity contribution < 1.29 is 4.79 Å². The number of carbonyl (C=O) groups excluding carboxylic acids is 1. The minimum Gasteiger partial charge on any atom is -0.327 e. The van der Waals surface area contributed by atoms with Gasteiger partial charge in [0.25, 0.3) is 0 Å². The van der Waals surface area contributed by atoms with Crippen molar-refractivity contribution in [3.63, 3.8) is 0 Å². The first-order chi connectivity index (χ1) is 6.88. The summed E-state index contributed by atoms with van der Waals surface area (Å²) in [5.41, 5.74) is 0.0277. The van der Waals surface area contributed by atoms with Crippen LogP contribution in [0.15, 0.2) is 0 Å². The molecule has 1 fully saturated rings. The van der Waals surface area contributed by atoms with Crippen molar-refractivity contribution in [2.24, 2.45) is 0 Å². The zero-order valence-corrected chi connectivity index (χ0v) is 10.5. The maximum atomic E-state index is 11.9. The molecule has 1 aliphatic rings. The largest absolute Gasteiger partial charge is 0.327 e. The van der Waals surface area contributed by atoms with Gasteiger partial charge in [0.05, 0.1) is 12.7 Å². The number of rotatable bonds is 4. The van der Waals surface area contributed by atoms with Crippen molar-refractivity contribution in [2.75, 3.05) is 27.3 Å². The Morgan fingerprint density at radius 3 is 2.53 bits per heavy atom. The molecule has 1 atom stereocenters. The number of carbonyl (C=O) groups is 1. The van der Waals surface area contributed by atoms with Gasteiger partial charge in [0.2, 0.25) is 5.91 Å². The van der Waals surface area contributed by atoms with E-state index in [-0.39, 0.29) is 17.5 Å². The molecular formula is C11H23N3O. The lowest BCUT2D eigenvalue weighted by molar-refractivity contribution is -0.130. The van der Waals surface area contributed by atoms with Gasteiger partial charge in [-0.15, -0.1) is 0 Å². The average molecular weight is 213 g/mol. The van der Waals surface area contributed by atoms with Gasteiger partial charge < -0.3 is 9.80 Å². The summed E-state index contributed by atoms with van der Waals surface area (Å²) in [5, 5.41) is 3.23. The first-order valence-corrected chi connectivity index (χ1v) is 5.58. The summed E-state index contributed by atoms with van der Waals surface area (Å²) in [6.07, 6.45) is 0.873. The van der Waals surface area contributed by atoms with E-state index in [9.17, 15) is 4.79 Å². The molecule has 1 saturated heterocycles. The average Bonchev–Trinajstić information content (AvgIpc) is 2.47. The van der Waals surface area contributed by atoms with E-state index in [0.717, 1.165) is 13.0 Å². The van der Waals surface area contributed by atoms with Gasteiger partial charge in [-0.1, -0.05) is 6.92 Å². The molecule has 1 aliphatic heterocycles. The number of likely N-dealkylation sites (N-methyl/N-ethyl adjacent to an activating group) is 1. The molecule has 88 valence electrons. The number of hydrogen-bond acceptors (Lipinski definition) is 3. The maximum Gasteiger partial charge on any atom is 0.240 e. The fraction of sp³-hybridized carbons (Fsp3) is 0.909. The highest BCUT2D eigenvalue weighted by Gasteiger charge is 2.34. The van der Waals surface area contributed by atoms with Crippen LogP contribution in [-0.4, -0.2) is 54.6 Å². The normalized spacial score (nSPS) is 22.9. The monoisotopic (exact) mass is 213 g/mol. The minimum atomic E-state index is 0.0277. The first kappa shape index (κ1) is 12.5. The Bertz CT molecular complexity index is 238. The highest BCUT2D eigenvalue weighted by atomic mass is 16.2. The molecule has 0 radical (unpaired) electrons. The maximum absolute atomic E-state index is 11.9. The summed E-state index contributed by atoms with van der Waals surface area (Å²) in [4.78, 5) is 15.9. The fourth-order valence-corrected chi connectivity index (χ4v) is 1.67. The lowest BCUT2D eigenvalue weighted by Crippen LogP contribution is -2.49. The van der Waals surface area contributed by atoms with E-state index in [2.05, 4.69) is 24.1 Å². The summed E-state index contributed by atoms with van der Waals surface area (Å²) >= 11 is 0. The van der Waals surface area contributed by atoms with Crippen molar-refractivity contribution in [3.8, 4) is 0 Å². The van der Waals surface area contributed by atoms with Crippen LogP contribution in [0, 0.1) is 0 Å². The molecule has 0 aromatic carbocycles. The Kier molecular flexibility index (Phi) is 3.73. The molecule has 0 aliphatic carbocycles. The van der Waals surface area contributed by atoms with E-state index < -0.39 is 0 Å². The van der Waals surface area contributed by atoms with Crippen LogP contribution in [0.3, 0.4) is 0 Å². The third-order valence-corrected chi connectivity index (χ3v) is 3.34. The molecule has 1 heterocycles. The van der Waals surface area contributed by atoms with Crippen LogP contribution in [0.4, 0.5) is 0 Å². The number of amides is 1. The van der Waals surface area contributed by atoms with Crippen LogP contribution in [0.1, 0.15) is 27.2 Å². The van der Waals surface area contributed by atoms with Crippen molar-refractivity contribution in [1.29, 1.82) is 0 Å². The van der Waals surface area contributed by atoms with Gasteiger partial charge >= 0.3 is 0 Å². The summed E-state index contributed by atoms with van der Waals surface area (Å²) in [6.45, 7) is 7.81. The second kappa shape index (κ2) is 4.49. The Morgan fingerprint density at radius 2 is 2.13 bits per heavy atom. The molecule has 0 saturated carbocycles. The summed E-state index contributed by atoms with van der Waals surface area (Å²) in [6, 6.07) is 0.0305. The summed E-state index contributed by atoms with van der Waals surface area (Å²) < 4.78 is 0. The van der Waals surface area contributed by atoms with Crippen LogP contribution in [-0.2, 0) is 4.79 Å². The summed E-state index contributed by atoms with van der Waals surface area (Å²) in [7, 11) is 4.09. The fourth-order valence-electron chi connectivity index (χ4n) is 1.67. The SMILES string of the molecule is CCC1NCN(CC(C)(C)N(C)C)C1=O. The molecule has 1 rings (SSSR count). The van der Waals surface area contributed by atoms with Crippen molar-refractivity contribution in [3.05, 3.63) is 0 Å². The standard InChI is InChI=1S/C11H23N3O/c1-6-9-10(15)14(8-12-9)7-11(2,3)13(4)5/h9,12H,6-8H2,1-5H3. The Labute approximate surface area is 92.6 Å². The zero-order chi connectivity index (χ0) is 11.6. The number of nitrogens with one attached hydrogen (secondary N) is 1. The topological polar surface area (TPSA) is 35.6 Å². The van der Waals surface area contributed by atoms with Gasteiger partial charge in [-0.05, 0) is 34.4 Å². The van der Waals surface area contributed by atoms with E-state index in [1.807, 2.05) is 25.9 Å². The third-order valence-electron chi connectivity index (χ3n) is 3.34. The molecule has 0 aromatic rings. The lowest BCUT2D eigenvalue weighted by Gasteiger charge is -2.35. The van der Waals surface area contributed by atoms with E-state index in [4.69, 9.17) is 0 Å². The van der Waals surface area contributed by atoms with Crippen LogP contribution in [0.2, 0.25) is 0 Å². The second-order valence-corrected chi connectivity index (χ2v) is 5.07. The van der Waals surface area contributed by atoms with Gasteiger partial charge in [-0.3, -0.25) is 10.1 Å². The van der Waals surface area contributed by atoms with Crippen LogP contribution in [0.25, 0.3) is 0 Å². The molecule has 1 N–H and O–H groups in total. The van der Waals surface area contributed by atoms with Crippen molar-refractivity contribution in [1.82, 2.24) is 15.1 Å². The quantitative estimate of drug-likeness (QED) is 0.738. The molecule has 1 unspecified atom stereocenters. The number of nitrogens with zero attached hydrogens (tertiary/aromatic N) is 2. The predicted molar refractivity (Wildman–Crippen MR) is 61.6 cm³/mol. The van der Waals surface area contributed by atoms with E-state index >= 15 is 0 Å². The molecule has 0 aromatic heterocycles. The second-order valence-electron chi connectivity index (χ2n) is 5.07. The van der Waals surface area contributed by atoms with Crippen LogP contribution >= 0.6 is 0 Å². The lowest BCUT2D eigenvalue weighted by atomic mass is 10.0. The Morgan fingerprint density at radius 1 is 1.53 bits per heavy atom. The minimum absolute atomic E-state index is 0.0277. The Balaban J connectivity index is 2.57. The van der Waals surface area contributed by atoms with Gasteiger partial charge in [0, 0.05) is 12.1 Å². The predicted octanol–water partition coefficient (Wildman–Crippen LogP) is 0.494. The molecule has 0 spiro atoms.